The van der Waals surface area contributed by atoms with E-state index in [9.17, 15) is 4.39 Å². The van der Waals surface area contributed by atoms with Crippen molar-refractivity contribution in [3.8, 4) is 0 Å². The summed E-state index contributed by atoms with van der Waals surface area (Å²) in [6.07, 6.45) is 6.17. The van der Waals surface area contributed by atoms with Gasteiger partial charge < -0.3 is 0 Å². The Labute approximate surface area is 76.7 Å². The smallest absolute Gasteiger partial charge is 0.213 e. The third kappa shape index (κ3) is 3.05. The standard InChI is InChI=1S/C9H10FNS/c10-9-7-8(4-5-11-9)3-1-2-6-12/h1,3-5,7,12H,2,6H2. The van der Waals surface area contributed by atoms with Crippen molar-refractivity contribution in [2.24, 2.45) is 0 Å². The molecule has 12 heavy (non-hydrogen) atoms. The summed E-state index contributed by atoms with van der Waals surface area (Å²) in [6.45, 7) is 0. The number of hydrogen-bond acceptors (Lipinski definition) is 2. The van der Waals surface area contributed by atoms with Crippen molar-refractivity contribution in [1.29, 1.82) is 0 Å². The number of hydrogen-bond donors (Lipinski definition) is 1. The zero-order valence-electron chi connectivity index (χ0n) is 6.57. The fourth-order valence-electron chi connectivity index (χ4n) is 0.815. The Bertz CT molecular complexity index is 273. The molecule has 0 N–H and O–H groups in total. The van der Waals surface area contributed by atoms with Crippen molar-refractivity contribution in [1.82, 2.24) is 4.98 Å². The third-order valence-corrected chi connectivity index (χ3v) is 1.61. The SMILES string of the molecule is Fc1cc(C=CCCS)ccn1. The zero-order valence-corrected chi connectivity index (χ0v) is 7.47. The van der Waals surface area contributed by atoms with Gasteiger partial charge in [-0.2, -0.15) is 17.0 Å². The molecule has 0 aliphatic rings. The maximum Gasteiger partial charge on any atom is 0.213 e. The van der Waals surface area contributed by atoms with Gasteiger partial charge in [0, 0.05) is 12.3 Å². The highest BCUT2D eigenvalue weighted by Gasteiger charge is 1.90. The van der Waals surface area contributed by atoms with E-state index < -0.39 is 5.95 Å². The van der Waals surface area contributed by atoms with Gasteiger partial charge in [0.25, 0.3) is 0 Å². The van der Waals surface area contributed by atoms with Gasteiger partial charge in [-0.25, -0.2) is 4.98 Å². The highest BCUT2D eigenvalue weighted by molar-refractivity contribution is 7.80. The first-order valence-corrected chi connectivity index (χ1v) is 4.35. The van der Waals surface area contributed by atoms with Gasteiger partial charge in [-0.1, -0.05) is 12.2 Å². The fraction of sp³-hybridized carbons (Fsp3) is 0.222. The van der Waals surface area contributed by atoms with E-state index in [1.165, 1.54) is 12.3 Å². The topological polar surface area (TPSA) is 12.9 Å². The van der Waals surface area contributed by atoms with E-state index in [1.54, 1.807) is 6.07 Å². The summed E-state index contributed by atoms with van der Waals surface area (Å²) >= 11 is 4.05. The summed E-state index contributed by atoms with van der Waals surface area (Å²) < 4.78 is 12.5. The molecular formula is C9H10FNS. The number of thiol groups is 1. The third-order valence-electron chi connectivity index (χ3n) is 1.36. The predicted octanol–water partition coefficient (Wildman–Crippen LogP) is 2.55. The molecule has 1 aromatic rings. The number of halogens is 1. The number of allylic oxidation sites excluding steroid dienone is 1. The number of nitrogens with zero attached hydrogens (tertiary/aromatic N) is 1. The van der Waals surface area contributed by atoms with E-state index in [1.807, 2.05) is 12.2 Å². The second-order valence-electron chi connectivity index (χ2n) is 2.33. The molecule has 1 nitrogen and oxygen atoms in total. The number of rotatable bonds is 3. The Morgan fingerprint density at radius 2 is 2.42 bits per heavy atom. The van der Waals surface area contributed by atoms with E-state index in [4.69, 9.17) is 0 Å². The molecule has 0 unspecified atom stereocenters. The molecule has 0 fully saturated rings. The lowest BCUT2D eigenvalue weighted by Gasteiger charge is -1.91. The molecule has 0 saturated carbocycles. The van der Waals surface area contributed by atoms with Gasteiger partial charge in [-0.15, -0.1) is 0 Å². The van der Waals surface area contributed by atoms with Crippen LogP contribution in [0.1, 0.15) is 12.0 Å². The van der Waals surface area contributed by atoms with Crippen LogP contribution in [-0.2, 0) is 0 Å². The van der Waals surface area contributed by atoms with Gasteiger partial charge >= 0.3 is 0 Å². The van der Waals surface area contributed by atoms with Gasteiger partial charge in [0.15, 0.2) is 0 Å². The lowest BCUT2D eigenvalue weighted by atomic mass is 10.2. The highest BCUT2D eigenvalue weighted by Crippen LogP contribution is 2.03. The van der Waals surface area contributed by atoms with Gasteiger partial charge in [0.05, 0.1) is 0 Å². The van der Waals surface area contributed by atoms with Crippen LogP contribution < -0.4 is 0 Å². The van der Waals surface area contributed by atoms with E-state index in [2.05, 4.69) is 17.6 Å². The normalized spacial score (nSPS) is 10.8. The quantitative estimate of drug-likeness (QED) is 0.561. The van der Waals surface area contributed by atoms with Crippen LogP contribution >= 0.6 is 12.6 Å². The van der Waals surface area contributed by atoms with Crippen molar-refractivity contribution in [2.75, 3.05) is 5.75 Å². The second-order valence-corrected chi connectivity index (χ2v) is 2.77. The van der Waals surface area contributed by atoms with Crippen molar-refractivity contribution in [3.05, 3.63) is 35.9 Å². The van der Waals surface area contributed by atoms with Crippen LogP contribution in [-0.4, -0.2) is 10.7 Å². The molecule has 1 aromatic heterocycles. The number of aromatic nitrogens is 1. The predicted molar refractivity (Wildman–Crippen MR) is 51.7 cm³/mol. The Morgan fingerprint density at radius 3 is 3.08 bits per heavy atom. The molecule has 0 saturated heterocycles. The minimum atomic E-state index is -0.442. The molecule has 1 rings (SSSR count). The molecular weight excluding hydrogens is 173 g/mol. The molecule has 3 heteroatoms. The van der Waals surface area contributed by atoms with Crippen LogP contribution in [0.5, 0.6) is 0 Å². The summed E-state index contributed by atoms with van der Waals surface area (Å²) in [5, 5.41) is 0. The van der Waals surface area contributed by atoms with Gasteiger partial charge in [-0.05, 0) is 23.8 Å². The first-order valence-electron chi connectivity index (χ1n) is 3.72. The summed E-state index contributed by atoms with van der Waals surface area (Å²) in [5.41, 5.74) is 0.837. The summed E-state index contributed by atoms with van der Waals surface area (Å²) in [6, 6.07) is 3.16. The minimum Gasteiger partial charge on any atom is -0.228 e. The van der Waals surface area contributed by atoms with Crippen LogP contribution in [0.25, 0.3) is 6.08 Å². The van der Waals surface area contributed by atoms with E-state index in [0.29, 0.717) is 0 Å². The number of pyridine rings is 1. The summed E-state index contributed by atoms with van der Waals surface area (Å²) in [4.78, 5) is 3.45. The maximum atomic E-state index is 12.5. The van der Waals surface area contributed by atoms with Gasteiger partial charge in [0.2, 0.25) is 5.95 Å². The average molecular weight is 183 g/mol. The minimum absolute atomic E-state index is 0.442. The second kappa shape index (κ2) is 4.93. The van der Waals surface area contributed by atoms with Crippen LogP contribution in [0.2, 0.25) is 0 Å². The molecule has 0 aromatic carbocycles. The van der Waals surface area contributed by atoms with Crippen LogP contribution in [0, 0.1) is 5.95 Å². The monoisotopic (exact) mass is 183 g/mol. The highest BCUT2D eigenvalue weighted by atomic mass is 32.1. The van der Waals surface area contributed by atoms with Crippen molar-refractivity contribution in [3.63, 3.8) is 0 Å². The lowest BCUT2D eigenvalue weighted by molar-refractivity contribution is 0.583. The molecule has 0 spiro atoms. The lowest BCUT2D eigenvalue weighted by Crippen LogP contribution is -1.81. The molecule has 1 heterocycles. The Balaban J connectivity index is 2.63. The molecule has 0 amide bonds. The Morgan fingerprint density at radius 1 is 1.58 bits per heavy atom. The maximum absolute atomic E-state index is 12.5. The van der Waals surface area contributed by atoms with Crippen LogP contribution in [0.15, 0.2) is 24.4 Å². The Kier molecular flexibility index (Phi) is 3.80. The van der Waals surface area contributed by atoms with E-state index in [-0.39, 0.29) is 0 Å². The van der Waals surface area contributed by atoms with Gasteiger partial charge in [0.1, 0.15) is 0 Å². The van der Waals surface area contributed by atoms with Crippen molar-refractivity contribution in [2.45, 2.75) is 6.42 Å². The first-order chi connectivity index (χ1) is 5.83. The van der Waals surface area contributed by atoms with Crippen molar-refractivity contribution >= 4 is 18.7 Å². The van der Waals surface area contributed by atoms with E-state index >= 15 is 0 Å². The van der Waals surface area contributed by atoms with E-state index in [0.717, 1.165) is 17.7 Å². The summed E-state index contributed by atoms with van der Waals surface area (Å²) in [7, 11) is 0. The summed E-state index contributed by atoms with van der Waals surface area (Å²) in [5.74, 6) is 0.368. The molecule has 64 valence electrons. The van der Waals surface area contributed by atoms with Gasteiger partial charge in [-0.3, -0.25) is 0 Å². The molecule has 0 radical (unpaired) electrons. The molecule has 0 aliphatic carbocycles. The molecule has 0 aliphatic heterocycles. The first kappa shape index (κ1) is 9.26. The van der Waals surface area contributed by atoms with Crippen LogP contribution in [0.3, 0.4) is 0 Å². The Hall–Kier alpha value is -0.830. The largest absolute Gasteiger partial charge is 0.228 e. The van der Waals surface area contributed by atoms with Crippen LogP contribution in [0.4, 0.5) is 4.39 Å². The van der Waals surface area contributed by atoms with Crippen molar-refractivity contribution < 1.29 is 4.39 Å². The fourth-order valence-corrected chi connectivity index (χ4v) is 0.964. The zero-order chi connectivity index (χ0) is 8.81. The molecule has 0 atom stereocenters. The molecule has 0 bridgehead atoms. The average Bonchev–Trinajstić information content (AvgIpc) is 2.05.